The number of aromatic nitrogens is 6. The summed E-state index contributed by atoms with van der Waals surface area (Å²) in [6.45, 7) is 2.55. The summed E-state index contributed by atoms with van der Waals surface area (Å²) >= 11 is 3.04. The second-order valence-corrected chi connectivity index (χ2v) is 7.91. The van der Waals surface area contributed by atoms with Gasteiger partial charge in [0.25, 0.3) is 5.89 Å². The Hall–Kier alpha value is -2.72. The molecule has 0 aliphatic rings. The van der Waals surface area contributed by atoms with Crippen molar-refractivity contribution in [3.05, 3.63) is 53.2 Å². The van der Waals surface area contributed by atoms with E-state index in [0.29, 0.717) is 23.5 Å². The first-order valence-corrected chi connectivity index (χ1v) is 9.92. The van der Waals surface area contributed by atoms with E-state index in [9.17, 15) is 0 Å². The van der Waals surface area contributed by atoms with Crippen molar-refractivity contribution in [1.29, 1.82) is 0 Å². The first-order chi connectivity index (χ1) is 13.2. The maximum atomic E-state index is 5.80. The minimum Gasteiger partial charge on any atom is -0.497 e. The van der Waals surface area contributed by atoms with Gasteiger partial charge in [0, 0.05) is 0 Å². The third-order valence-electron chi connectivity index (χ3n) is 3.79. The lowest BCUT2D eigenvalue weighted by Gasteiger charge is -2.08. The summed E-state index contributed by atoms with van der Waals surface area (Å²) in [5.41, 5.74) is 1.08. The first kappa shape index (κ1) is 17.7. The molecule has 0 fully saturated rings. The molecule has 0 aliphatic carbocycles. The van der Waals surface area contributed by atoms with Crippen LogP contribution in [0.2, 0.25) is 0 Å². The molecular weight excluding hydrogens is 384 g/mol. The Balaban J connectivity index is 1.46. The van der Waals surface area contributed by atoms with Gasteiger partial charge in [-0.05, 0) is 46.5 Å². The van der Waals surface area contributed by atoms with Crippen molar-refractivity contribution in [3.63, 3.8) is 0 Å². The standard InChI is InChI=1S/C17H16N6O2S2/c1-11(15-18-19-16(25-15)14-4-3-9-26-14)27-17-20-21-22-23(17)10-12-5-7-13(24-2)8-6-12/h3-9,11H,10H2,1-2H3. The minimum atomic E-state index is -0.0770. The van der Waals surface area contributed by atoms with Crippen LogP contribution in [0.15, 0.2) is 51.4 Å². The van der Waals surface area contributed by atoms with Crippen molar-refractivity contribution in [2.45, 2.75) is 23.9 Å². The molecule has 3 heterocycles. The van der Waals surface area contributed by atoms with Gasteiger partial charge in [0.2, 0.25) is 11.0 Å². The lowest BCUT2D eigenvalue weighted by Crippen LogP contribution is -2.04. The molecule has 27 heavy (non-hydrogen) atoms. The molecule has 4 rings (SSSR count). The number of nitrogens with zero attached hydrogens (tertiary/aromatic N) is 6. The number of benzene rings is 1. The van der Waals surface area contributed by atoms with Crippen LogP contribution in [0.5, 0.6) is 5.75 Å². The fourth-order valence-corrected chi connectivity index (χ4v) is 3.85. The quantitative estimate of drug-likeness (QED) is 0.434. The summed E-state index contributed by atoms with van der Waals surface area (Å²) in [5, 5.41) is 22.9. The lowest BCUT2D eigenvalue weighted by atomic mass is 10.2. The minimum absolute atomic E-state index is 0.0770. The largest absolute Gasteiger partial charge is 0.497 e. The molecule has 0 radical (unpaired) electrons. The van der Waals surface area contributed by atoms with Crippen LogP contribution in [0.25, 0.3) is 10.8 Å². The monoisotopic (exact) mass is 400 g/mol. The molecule has 0 N–H and O–H groups in total. The zero-order valence-corrected chi connectivity index (χ0v) is 16.3. The average Bonchev–Trinajstić information content (AvgIpc) is 3.44. The summed E-state index contributed by atoms with van der Waals surface area (Å²) in [7, 11) is 1.65. The third-order valence-corrected chi connectivity index (χ3v) is 5.71. The maximum absolute atomic E-state index is 5.80. The molecule has 0 aliphatic heterocycles. The predicted octanol–water partition coefficient (Wildman–Crippen LogP) is 3.69. The van der Waals surface area contributed by atoms with E-state index in [1.54, 1.807) is 23.1 Å². The Morgan fingerprint density at radius 3 is 2.78 bits per heavy atom. The van der Waals surface area contributed by atoms with E-state index in [1.807, 2.05) is 48.7 Å². The van der Waals surface area contributed by atoms with Crippen LogP contribution in [0.1, 0.15) is 23.6 Å². The highest BCUT2D eigenvalue weighted by atomic mass is 32.2. The third kappa shape index (κ3) is 4.01. The van der Waals surface area contributed by atoms with Crippen molar-refractivity contribution in [2.24, 2.45) is 0 Å². The fourth-order valence-electron chi connectivity index (χ4n) is 2.39. The summed E-state index contributed by atoms with van der Waals surface area (Å²) in [6.07, 6.45) is 0. The Labute approximate surface area is 163 Å². The van der Waals surface area contributed by atoms with Gasteiger partial charge in [-0.3, -0.25) is 0 Å². The highest BCUT2D eigenvalue weighted by Gasteiger charge is 2.20. The van der Waals surface area contributed by atoms with Crippen LogP contribution in [0.3, 0.4) is 0 Å². The van der Waals surface area contributed by atoms with Crippen LogP contribution in [0.4, 0.5) is 0 Å². The molecule has 0 saturated heterocycles. The first-order valence-electron chi connectivity index (χ1n) is 8.16. The topological polar surface area (TPSA) is 91.8 Å². The van der Waals surface area contributed by atoms with E-state index in [0.717, 1.165) is 16.2 Å². The average molecular weight is 400 g/mol. The number of ether oxygens (including phenoxy) is 1. The number of hydrogen-bond acceptors (Lipinski definition) is 9. The van der Waals surface area contributed by atoms with Gasteiger partial charge in [-0.2, -0.15) is 0 Å². The number of tetrazole rings is 1. The molecule has 3 aromatic heterocycles. The van der Waals surface area contributed by atoms with Gasteiger partial charge in [0.15, 0.2) is 0 Å². The lowest BCUT2D eigenvalue weighted by molar-refractivity contribution is 0.414. The fraction of sp³-hybridized carbons (Fsp3) is 0.235. The molecule has 1 unspecified atom stereocenters. The van der Waals surface area contributed by atoms with Gasteiger partial charge in [-0.25, -0.2) is 4.68 Å². The van der Waals surface area contributed by atoms with Crippen molar-refractivity contribution in [3.8, 4) is 16.5 Å². The van der Waals surface area contributed by atoms with Gasteiger partial charge in [-0.1, -0.05) is 30.0 Å². The molecule has 1 aromatic carbocycles. The van der Waals surface area contributed by atoms with Gasteiger partial charge >= 0.3 is 0 Å². The summed E-state index contributed by atoms with van der Waals surface area (Å²) in [6, 6.07) is 11.7. The Bertz CT molecular complexity index is 997. The van der Waals surface area contributed by atoms with E-state index in [2.05, 4.69) is 25.7 Å². The zero-order chi connectivity index (χ0) is 18.6. The predicted molar refractivity (Wildman–Crippen MR) is 102 cm³/mol. The molecule has 0 spiro atoms. The van der Waals surface area contributed by atoms with Gasteiger partial charge in [-0.15, -0.1) is 26.6 Å². The van der Waals surface area contributed by atoms with E-state index in [4.69, 9.17) is 9.15 Å². The van der Waals surface area contributed by atoms with E-state index in [-0.39, 0.29) is 5.25 Å². The molecule has 10 heteroatoms. The number of hydrogen-bond donors (Lipinski definition) is 0. The summed E-state index contributed by atoms with van der Waals surface area (Å²) in [5.74, 6) is 1.89. The van der Waals surface area contributed by atoms with Gasteiger partial charge < -0.3 is 9.15 Å². The number of methoxy groups -OCH3 is 1. The second kappa shape index (κ2) is 7.89. The molecule has 1 atom stereocenters. The van der Waals surface area contributed by atoms with Crippen LogP contribution < -0.4 is 4.74 Å². The van der Waals surface area contributed by atoms with E-state index < -0.39 is 0 Å². The highest BCUT2D eigenvalue weighted by Crippen LogP contribution is 2.34. The van der Waals surface area contributed by atoms with Crippen molar-refractivity contribution >= 4 is 23.1 Å². The maximum Gasteiger partial charge on any atom is 0.257 e. The van der Waals surface area contributed by atoms with Crippen LogP contribution in [-0.2, 0) is 6.54 Å². The smallest absolute Gasteiger partial charge is 0.257 e. The van der Waals surface area contributed by atoms with Crippen LogP contribution in [0, 0.1) is 0 Å². The summed E-state index contributed by atoms with van der Waals surface area (Å²) in [4.78, 5) is 0.954. The van der Waals surface area contributed by atoms with E-state index in [1.165, 1.54) is 11.8 Å². The van der Waals surface area contributed by atoms with Crippen molar-refractivity contribution < 1.29 is 9.15 Å². The molecule has 0 amide bonds. The Morgan fingerprint density at radius 2 is 2.04 bits per heavy atom. The number of thioether (sulfide) groups is 1. The van der Waals surface area contributed by atoms with Crippen molar-refractivity contribution in [2.75, 3.05) is 7.11 Å². The van der Waals surface area contributed by atoms with Gasteiger partial charge in [0.1, 0.15) is 5.75 Å². The molecule has 4 aromatic rings. The highest BCUT2D eigenvalue weighted by molar-refractivity contribution is 7.99. The van der Waals surface area contributed by atoms with Crippen molar-refractivity contribution in [1.82, 2.24) is 30.4 Å². The molecule has 0 saturated carbocycles. The second-order valence-electron chi connectivity index (χ2n) is 5.65. The SMILES string of the molecule is COc1ccc(Cn2nnnc2SC(C)c2nnc(-c3cccs3)o2)cc1. The Morgan fingerprint density at radius 1 is 1.19 bits per heavy atom. The molecular formula is C17H16N6O2S2. The van der Waals surface area contributed by atoms with E-state index >= 15 is 0 Å². The Kier molecular flexibility index (Phi) is 5.16. The zero-order valence-electron chi connectivity index (χ0n) is 14.6. The van der Waals surface area contributed by atoms with Crippen LogP contribution in [-0.4, -0.2) is 37.5 Å². The number of rotatable bonds is 7. The number of thiophene rings is 1. The normalized spacial score (nSPS) is 12.2. The summed E-state index contributed by atoms with van der Waals surface area (Å²) < 4.78 is 12.7. The molecule has 0 bridgehead atoms. The molecule has 8 nitrogen and oxygen atoms in total. The molecule has 138 valence electrons. The van der Waals surface area contributed by atoms with Crippen LogP contribution >= 0.6 is 23.1 Å². The van der Waals surface area contributed by atoms with Gasteiger partial charge in [0.05, 0.1) is 23.8 Å².